The van der Waals surface area contributed by atoms with E-state index in [1.807, 2.05) is 19.2 Å². The summed E-state index contributed by atoms with van der Waals surface area (Å²) in [7, 11) is 1.70. The van der Waals surface area contributed by atoms with Crippen molar-refractivity contribution in [3.8, 4) is 17.2 Å². The molecule has 27 heavy (non-hydrogen) atoms. The zero-order chi connectivity index (χ0) is 19.8. The molecular formula is C23H29N3O. The first-order valence-electron chi connectivity index (χ1n) is 9.57. The van der Waals surface area contributed by atoms with Gasteiger partial charge in [0, 0.05) is 35.7 Å². The molecule has 2 heterocycles. The van der Waals surface area contributed by atoms with Crippen LogP contribution in [0.1, 0.15) is 62.3 Å². The largest absolute Gasteiger partial charge is 0.384 e. The van der Waals surface area contributed by atoms with Gasteiger partial charge in [0.15, 0.2) is 0 Å². The van der Waals surface area contributed by atoms with E-state index < -0.39 is 0 Å². The number of aryl methyl sites for hydroxylation is 2. The topological polar surface area (TPSA) is 58.8 Å². The predicted octanol–water partition coefficient (Wildman–Crippen LogP) is 4.76. The van der Waals surface area contributed by atoms with E-state index in [0.29, 0.717) is 12.2 Å². The maximum absolute atomic E-state index is 10.1. The van der Waals surface area contributed by atoms with Crippen molar-refractivity contribution in [2.45, 2.75) is 59.3 Å². The van der Waals surface area contributed by atoms with Crippen molar-refractivity contribution in [2.75, 3.05) is 13.7 Å². The first-order chi connectivity index (χ1) is 12.7. The number of ether oxygens (including phenoxy) is 1. The van der Waals surface area contributed by atoms with Crippen LogP contribution in [0, 0.1) is 23.7 Å². The van der Waals surface area contributed by atoms with Gasteiger partial charge in [-0.15, -0.1) is 0 Å². The number of fused-ring (bicyclic) bond motifs is 1. The van der Waals surface area contributed by atoms with Crippen LogP contribution in [0.25, 0.3) is 11.1 Å². The van der Waals surface area contributed by atoms with E-state index >= 15 is 0 Å². The standard InChI is InChI=1S/C23H29N3O/c1-15-11-16(8-10-25-15)20-17-12-22(2,3)9-7-19(17)26-21(18(20)13-24)23(4,5)14-27-6/h8,10-11H,7,9,12,14H2,1-6H3. The van der Waals surface area contributed by atoms with Crippen LogP contribution < -0.4 is 0 Å². The Hall–Kier alpha value is -2.25. The minimum absolute atomic E-state index is 0.210. The highest BCUT2D eigenvalue weighted by Crippen LogP contribution is 2.43. The molecule has 0 bridgehead atoms. The van der Waals surface area contributed by atoms with E-state index in [1.165, 1.54) is 5.56 Å². The highest BCUT2D eigenvalue weighted by molar-refractivity contribution is 5.76. The summed E-state index contributed by atoms with van der Waals surface area (Å²) in [6.07, 6.45) is 4.82. The third kappa shape index (κ3) is 3.75. The molecule has 0 aliphatic heterocycles. The van der Waals surface area contributed by atoms with Crippen LogP contribution in [-0.4, -0.2) is 23.7 Å². The van der Waals surface area contributed by atoms with Crippen molar-refractivity contribution >= 4 is 0 Å². The fraction of sp³-hybridized carbons (Fsp3) is 0.522. The van der Waals surface area contributed by atoms with Gasteiger partial charge in [-0.2, -0.15) is 5.26 Å². The van der Waals surface area contributed by atoms with E-state index in [4.69, 9.17) is 9.72 Å². The van der Waals surface area contributed by atoms with E-state index in [1.54, 1.807) is 7.11 Å². The highest BCUT2D eigenvalue weighted by Gasteiger charge is 2.34. The first kappa shape index (κ1) is 19.5. The van der Waals surface area contributed by atoms with Gasteiger partial charge in [-0.1, -0.05) is 27.7 Å². The number of rotatable bonds is 4. The molecule has 1 aliphatic carbocycles. The number of methoxy groups -OCH3 is 1. The Morgan fingerprint density at radius 3 is 2.70 bits per heavy atom. The highest BCUT2D eigenvalue weighted by atomic mass is 16.5. The number of nitriles is 1. The van der Waals surface area contributed by atoms with Gasteiger partial charge in [0.1, 0.15) is 6.07 Å². The Labute approximate surface area is 162 Å². The summed E-state index contributed by atoms with van der Waals surface area (Å²) < 4.78 is 5.44. The van der Waals surface area contributed by atoms with Crippen LogP contribution in [0.2, 0.25) is 0 Å². The molecule has 4 nitrogen and oxygen atoms in total. The molecular weight excluding hydrogens is 334 g/mol. The molecule has 0 radical (unpaired) electrons. The molecule has 0 saturated carbocycles. The molecule has 0 saturated heterocycles. The van der Waals surface area contributed by atoms with Crippen molar-refractivity contribution < 1.29 is 4.74 Å². The van der Waals surface area contributed by atoms with Crippen molar-refractivity contribution in [1.29, 1.82) is 5.26 Å². The van der Waals surface area contributed by atoms with Crippen LogP contribution >= 0.6 is 0 Å². The average molecular weight is 364 g/mol. The van der Waals surface area contributed by atoms with Gasteiger partial charge in [-0.05, 0) is 54.9 Å². The van der Waals surface area contributed by atoms with Crippen molar-refractivity contribution in [3.05, 3.63) is 46.5 Å². The van der Waals surface area contributed by atoms with E-state index in [-0.39, 0.29) is 10.8 Å². The zero-order valence-electron chi connectivity index (χ0n) is 17.3. The summed E-state index contributed by atoms with van der Waals surface area (Å²) in [5.74, 6) is 0. The van der Waals surface area contributed by atoms with E-state index in [9.17, 15) is 5.26 Å². The molecule has 0 spiro atoms. The summed E-state index contributed by atoms with van der Waals surface area (Å²) in [4.78, 5) is 9.37. The summed E-state index contributed by atoms with van der Waals surface area (Å²) in [6.45, 7) is 11.3. The monoisotopic (exact) mass is 363 g/mol. The molecule has 3 rings (SSSR count). The third-order valence-corrected chi connectivity index (χ3v) is 5.52. The van der Waals surface area contributed by atoms with Gasteiger partial charge >= 0.3 is 0 Å². The second kappa shape index (κ2) is 7.05. The Morgan fingerprint density at radius 2 is 2.07 bits per heavy atom. The van der Waals surface area contributed by atoms with Crippen molar-refractivity contribution in [1.82, 2.24) is 9.97 Å². The lowest BCUT2D eigenvalue weighted by atomic mass is 9.72. The van der Waals surface area contributed by atoms with Crippen molar-refractivity contribution in [2.24, 2.45) is 5.41 Å². The maximum Gasteiger partial charge on any atom is 0.102 e. The van der Waals surface area contributed by atoms with E-state index in [2.05, 4.69) is 44.8 Å². The van der Waals surface area contributed by atoms with Crippen LogP contribution in [0.5, 0.6) is 0 Å². The Kier molecular flexibility index (Phi) is 5.10. The summed E-state index contributed by atoms with van der Waals surface area (Å²) in [5.41, 5.74) is 6.82. The fourth-order valence-electron chi connectivity index (χ4n) is 4.14. The minimum Gasteiger partial charge on any atom is -0.384 e. The molecule has 0 N–H and O–H groups in total. The quantitative estimate of drug-likeness (QED) is 0.785. The smallest absolute Gasteiger partial charge is 0.102 e. The summed E-state index contributed by atoms with van der Waals surface area (Å²) in [6, 6.07) is 6.57. The number of aromatic nitrogens is 2. The number of pyridine rings is 2. The van der Waals surface area contributed by atoms with Crippen molar-refractivity contribution in [3.63, 3.8) is 0 Å². The lowest BCUT2D eigenvalue weighted by molar-refractivity contribution is 0.144. The molecule has 0 amide bonds. The lowest BCUT2D eigenvalue weighted by Gasteiger charge is -2.35. The number of nitrogens with zero attached hydrogens (tertiary/aromatic N) is 3. The molecule has 4 heteroatoms. The maximum atomic E-state index is 10.1. The predicted molar refractivity (Wildman–Crippen MR) is 108 cm³/mol. The second-order valence-corrected chi connectivity index (χ2v) is 9.09. The molecule has 0 atom stereocenters. The van der Waals surface area contributed by atoms with E-state index in [0.717, 1.165) is 47.5 Å². The first-order valence-corrected chi connectivity index (χ1v) is 9.57. The molecule has 0 unspecified atom stereocenters. The molecule has 0 fully saturated rings. The van der Waals surface area contributed by atoms with Crippen LogP contribution in [0.15, 0.2) is 18.3 Å². The normalized spacial score (nSPS) is 15.9. The Balaban J connectivity index is 2.36. The number of hydrogen-bond donors (Lipinski definition) is 0. The summed E-state index contributed by atoms with van der Waals surface area (Å²) in [5, 5.41) is 10.1. The molecule has 0 aromatic carbocycles. The zero-order valence-corrected chi connectivity index (χ0v) is 17.3. The molecule has 2 aromatic heterocycles. The van der Waals surface area contributed by atoms with Gasteiger partial charge in [-0.3, -0.25) is 9.97 Å². The molecule has 2 aromatic rings. The molecule has 1 aliphatic rings. The second-order valence-electron chi connectivity index (χ2n) is 9.09. The van der Waals surface area contributed by atoms with Gasteiger partial charge in [0.2, 0.25) is 0 Å². The van der Waals surface area contributed by atoms with Gasteiger partial charge in [0.05, 0.1) is 17.9 Å². The van der Waals surface area contributed by atoms with Gasteiger partial charge < -0.3 is 4.74 Å². The third-order valence-electron chi connectivity index (χ3n) is 5.52. The Bertz CT molecular complexity index is 907. The van der Waals surface area contributed by atoms with Crippen LogP contribution in [0.4, 0.5) is 0 Å². The fourth-order valence-corrected chi connectivity index (χ4v) is 4.14. The minimum atomic E-state index is -0.335. The SMILES string of the molecule is COCC(C)(C)c1nc2c(c(-c3ccnc(C)c3)c1C#N)CC(C)(C)CC2. The van der Waals surface area contributed by atoms with Crippen LogP contribution in [-0.2, 0) is 23.0 Å². The lowest BCUT2D eigenvalue weighted by Crippen LogP contribution is -2.30. The Morgan fingerprint density at radius 1 is 1.33 bits per heavy atom. The van der Waals surface area contributed by atoms with Gasteiger partial charge in [0.25, 0.3) is 0 Å². The summed E-state index contributed by atoms with van der Waals surface area (Å²) >= 11 is 0. The van der Waals surface area contributed by atoms with Crippen LogP contribution in [0.3, 0.4) is 0 Å². The molecule has 142 valence electrons. The number of hydrogen-bond acceptors (Lipinski definition) is 4. The van der Waals surface area contributed by atoms with Gasteiger partial charge in [-0.25, -0.2) is 0 Å². The average Bonchev–Trinajstić information content (AvgIpc) is 2.59.